The van der Waals surface area contributed by atoms with Gasteiger partial charge >= 0.3 is 6.18 Å². The lowest BCUT2D eigenvalue weighted by molar-refractivity contribution is -0.138. The number of nitrogens with two attached hydrogens (primary N) is 1. The lowest BCUT2D eigenvalue weighted by Gasteiger charge is -2.31. The van der Waals surface area contributed by atoms with E-state index in [2.05, 4.69) is 0 Å². The predicted octanol–water partition coefficient (Wildman–Crippen LogP) is 3.83. The van der Waals surface area contributed by atoms with Crippen molar-refractivity contribution in [3.8, 4) is 0 Å². The van der Waals surface area contributed by atoms with E-state index in [0.29, 0.717) is 5.92 Å². The molecule has 0 bridgehead atoms. The third-order valence-corrected chi connectivity index (χ3v) is 4.40. The maximum atomic E-state index is 13.2. The number of hydrogen-bond donors (Lipinski definition) is 1. The van der Waals surface area contributed by atoms with Crippen LogP contribution in [0.5, 0.6) is 0 Å². The summed E-state index contributed by atoms with van der Waals surface area (Å²) in [5.74, 6) is 0.585. The fourth-order valence-corrected chi connectivity index (χ4v) is 3.32. The topological polar surface area (TPSA) is 29.3 Å². The van der Waals surface area contributed by atoms with Crippen LogP contribution < -0.4 is 5.73 Å². The van der Waals surface area contributed by atoms with E-state index in [1.54, 1.807) is 12.1 Å². The first-order chi connectivity index (χ1) is 9.93. The van der Waals surface area contributed by atoms with Crippen molar-refractivity contribution >= 4 is 0 Å². The van der Waals surface area contributed by atoms with Crippen LogP contribution in [-0.2, 0) is 6.18 Å². The molecule has 0 aromatic heterocycles. The smallest absolute Gasteiger partial charge is 0.329 e. The Hall–Kier alpha value is -1.07. The van der Waals surface area contributed by atoms with Crippen LogP contribution in [0.25, 0.3) is 0 Å². The maximum absolute atomic E-state index is 13.2. The van der Waals surface area contributed by atoms with Gasteiger partial charge in [-0.2, -0.15) is 13.2 Å². The van der Waals surface area contributed by atoms with Gasteiger partial charge in [0.05, 0.1) is 5.56 Å². The maximum Gasteiger partial charge on any atom is 0.416 e. The van der Waals surface area contributed by atoms with E-state index in [9.17, 15) is 13.2 Å². The minimum atomic E-state index is -4.34. The third kappa shape index (κ3) is 3.98. The van der Waals surface area contributed by atoms with E-state index in [0.717, 1.165) is 12.6 Å². The highest BCUT2D eigenvalue weighted by Gasteiger charge is 2.35. The molecule has 1 saturated carbocycles. The second-order valence-electron chi connectivity index (χ2n) is 5.93. The highest BCUT2D eigenvalue weighted by molar-refractivity contribution is 5.32. The summed E-state index contributed by atoms with van der Waals surface area (Å²) in [6.45, 7) is 1.00. The lowest BCUT2D eigenvalue weighted by atomic mass is 9.97. The molecule has 0 aliphatic heterocycles. The van der Waals surface area contributed by atoms with Gasteiger partial charge in [-0.25, -0.2) is 0 Å². The lowest BCUT2D eigenvalue weighted by Crippen LogP contribution is -2.35. The van der Waals surface area contributed by atoms with Crippen LogP contribution in [0.1, 0.15) is 42.9 Å². The fraction of sp³-hybridized carbons (Fsp3) is 0.625. The first-order valence-electron chi connectivity index (χ1n) is 7.50. The number of alkyl halides is 3. The van der Waals surface area contributed by atoms with Gasteiger partial charge in [-0.3, -0.25) is 4.90 Å². The summed E-state index contributed by atoms with van der Waals surface area (Å²) in [5, 5.41) is 0. The van der Waals surface area contributed by atoms with Crippen LogP contribution in [0.15, 0.2) is 24.3 Å². The van der Waals surface area contributed by atoms with Crippen molar-refractivity contribution in [1.29, 1.82) is 0 Å². The molecule has 0 heterocycles. The summed E-state index contributed by atoms with van der Waals surface area (Å²) in [5.41, 5.74) is 5.50. The molecule has 1 aliphatic carbocycles. The van der Waals surface area contributed by atoms with Gasteiger partial charge in [-0.15, -0.1) is 0 Å². The SMILES string of the molecule is CN(CC1CCCC1)C(CN)c1ccccc1C(F)(F)F. The Morgan fingerprint density at radius 1 is 1.24 bits per heavy atom. The predicted molar refractivity (Wildman–Crippen MR) is 77.8 cm³/mol. The Bertz CT molecular complexity index is 453. The number of rotatable bonds is 5. The number of nitrogens with zero attached hydrogens (tertiary/aromatic N) is 1. The molecule has 118 valence electrons. The number of likely N-dealkylation sites (N-methyl/N-ethyl adjacent to an activating group) is 1. The standard InChI is InChI=1S/C16H23F3N2/c1-21(11-12-6-2-3-7-12)15(10-20)13-8-4-5-9-14(13)16(17,18)19/h4-5,8-9,12,15H,2-3,6-7,10-11,20H2,1H3. The summed E-state index contributed by atoms with van der Waals surface area (Å²) in [6.07, 6.45) is 0.458. The molecular formula is C16H23F3N2. The normalized spacial score (nSPS) is 18.4. The van der Waals surface area contributed by atoms with Crippen LogP contribution in [-0.4, -0.2) is 25.0 Å². The van der Waals surface area contributed by atoms with E-state index >= 15 is 0 Å². The van der Waals surface area contributed by atoms with Gasteiger partial charge in [0.2, 0.25) is 0 Å². The largest absolute Gasteiger partial charge is 0.416 e. The molecule has 1 fully saturated rings. The van der Waals surface area contributed by atoms with Crippen LogP contribution in [0.4, 0.5) is 13.2 Å². The highest BCUT2D eigenvalue weighted by atomic mass is 19.4. The van der Waals surface area contributed by atoms with E-state index < -0.39 is 11.7 Å². The van der Waals surface area contributed by atoms with Crippen molar-refractivity contribution in [3.63, 3.8) is 0 Å². The van der Waals surface area contributed by atoms with Crippen LogP contribution >= 0.6 is 0 Å². The Morgan fingerprint density at radius 2 is 1.86 bits per heavy atom. The Kier molecular flexibility index (Phi) is 5.27. The van der Waals surface area contributed by atoms with E-state index in [1.165, 1.54) is 31.7 Å². The molecule has 1 aromatic rings. The van der Waals surface area contributed by atoms with Crippen molar-refractivity contribution in [2.75, 3.05) is 20.1 Å². The molecule has 1 aliphatic rings. The molecule has 2 rings (SSSR count). The van der Waals surface area contributed by atoms with Gasteiger partial charge in [-0.05, 0) is 37.4 Å². The summed E-state index contributed by atoms with van der Waals surface area (Å²) in [4.78, 5) is 1.99. The van der Waals surface area contributed by atoms with Crippen molar-refractivity contribution in [2.24, 2.45) is 11.7 Å². The van der Waals surface area contributed by atoms with Gasteiger partial charge < -0.3 is 5.73 Å². The molecule has 0 radical (unpaired) electrons. The second kappa shape index (κ2) is 6.79. The first-order valence-corrected chi connectivity index (χ1v) is 7.50. The van der Waals surface area contributed by atoms with Gasteiger partial charge in [0, 0.05) is 19.1 Å². The Labute approximate surface area is 124 Å². The van der Waals surface area contributed by atoms with Gasteiger partial charge in [0.25, 0.3) is 0 Å². The number of halogens is 3. The van der Waals surface area contributed by atoms with E-state index in [4.69, 9.17) is 5.73 Å². The molecule has 1 atom stereocenters. The summed E-state index contributed by atoms with van der Waals surface area (Å²) >= 11 is 0. The third-order valence-electron chi connectivity index (χ3n) is 4.40. The zero-order valence-electron chi connectivity index (χ0n) is 12.4. The van der Waals surface area contributed by atoms with E-state index in [-0.39, 0.29) is 18.2 Å². The molecule has 0 amide bonds. The molecule has 1 unspecified atom stereocenters. The quantitative estimate of drug-likeness (QED) is 0.895. The monoisotopic (exact) mass is 300 g/mol. The number of hydrogen-bond acceptors (Lipinski definition) is 2. The summed E-state index contributed by atoms with van der Waals surface area (Å²) in [6, 6.07) is 5.38. The number of benzene rings is 1. The molecular weight excluding hydrogens is 277 g/mol. The van der Waals surface area contributed by atoms with E-state index in [1.807, 2.05) is 11.9 Å². The minimum absolute atomic E-state index is 0.191. The molecule has 5 heteroatoms. The average Bonchev–Trinajstić information content (AvgIpc) is 2.92. The van der Waals surface area contributed by atoms with Crippen LogP contribution in [0.2, 0.25) is 0 Å². The zero-order chi connectivity index (χ0) is 15.5. The Morgan fingerprint density at radius 3 is 2.43 bits per heavy atom. The molecule has 2 N–H and O–H groups in total. The zero-order valence-corrected chi connectivity index (χ0v) is 12.4. The highest BCUT2D eigenvalue weighted by Crippen LogP contribution is 2.36. The second-order valence-corrected chi connectivity index (χ2v) is 5.93. The molecule has 2 nitrogen and oxygen atoms in total. The first kappa shape index (κ1) is 16.3. The van der Waals surface area contributed by atoms with Gasteiger partial charge in [-0.1, -0.05) is 31.0 Å². The molecule has 0 spiro atoms. The van der Waals surface area contributed by atoms with Crippen LogP contribution in [0.3, 0.4) is 0 Å². The van der Waals surface area contributed by atoms with Crippen molar-refractivity contribution in [2.45, 2.75) is 37.9 Å². The van der Waals surface area contributed by atoms with Crippen molar-refractivity contribution < 1.29 is 13.2 Å². The molecule has 1 aromatic carbocycles. The summed E-state index contributed by atoms with van der Waals surface area (Å²) < 4.78 is 39.5. The molecule has 21 heavy (non-hydrogen) atoms. The average molecular weight is 300 g/mol. The van der Waals surface area contributed by atoms with Gasteiger partial charge in [0.1, 0.15) is 0 Å². The minimum Gasteiger partial charge on any atom is -0.329 e. The summed E-state index contributed by atoms with van der Waals surface area (Å²) in [7, 11) is 1.88. The Balaban J connectivity index is 2.20. The van der Waals surface area contributed by atoms with Crippen LogP contribution in [0, 0.1) is 5.92 Å². The van der Waals surface area contributed by atoms with Crippen molar-refractivity contribution in [1.82, 2.24) is 4.90 Å². The fourth-order valence-electron chi connectivity index (χ4n) is 3.32. The molecule has 0 saturated heterocycles. The van der Waals surface area contributed by atoms with Crippen molar-refractivity contribution in [3.05, 3.63) is 35.4 Å². The van der Waals surface area contributed by atoms with Gasteiger partial charge in [0.15, 0.2) is 0 Å².